The molecule has 300 valence electrons. The van der Waals surface area contributed by atoms with Gasteiger partial charge in [-0.25, -0.2) is 4.98 Å². The van der Waals surface area contributed by atoms with Crippen LogP contribution in [-0.4, -0.2) is 113 Å². The summed E-state index contributed by atoms with van der Waals surface area (Å²) >= 11 is 6.22. The first-order valence-electron chi connectivity index (χ1n) is 19.9. The summed E-state index contributed by atoms with van der Waals surface area (Å²) in [5.74, 6) is 1.09. The number of nitrogens with zero attached hydrogens (tertiary/aromatic N) is 8. The highest BCUT2D eigenvalue weighted by atomic mass is 35.5. The van der Waals surface area contributed by atoms with E-state index in [2.05, 4.69) is 36.3 Å². The highest BCUT2D eigenvalue weighted by molar-refractivity contribution is 6.31. The van der Waals surface area contributed by atoms with Gasteiger partial charge in [0.05, 0.1) is 34.7 Å². The number of primary amides is 1. The van der Waals surface area contributed by atoms with Gasteiger partial charge in [0.25, 0.3) is 5.91 Å². The number of rotatable bonds is 12. The standard InChI is InChI=1S/C41H49ClN10O5/c42-34-23-33(8-4-28(34)24-43)57-32-9-6-31(7-10-32)52(26-29-5-13-38(53)46-41(29)56)39(54)22-30-2-1-3-36(45-30)51-20-18-49(19-21-51)25-27-14-16-50(17-15-27)37-12-11-35(40(44)55)47-48-37/h1-4,8,11-12,23,27,29,31-32H,5-7,9-10,13-22,25-26H2,(H2,44,55)(H,46,53,56). The third-order valence-corrected chi connectivity index (χ3v) is 12.0. The van der Waals surface area contributed by atoms with Gasteiger partial charge in [0.1, 0.15) is 17.6 Å². The van der Waals surface area contributed by atoms with Gasteiger partial charge in [-0.05, 0) is 87.3 Å². The number of halogens is 1. The molecule has 0 bridgehead atoms. The first kappa shape index (κ1) is 39.9. The van der Waals surface area contributed by atoms with Crippen LogP contribution in [0.3, 0.4) is 0 Å². The van der Waals surface area contributed by atoms with E-state index in [0.29, 0.717) is 60.1 Å². The largest absolute Gasteiger partial charge is 0.490 e. The second-order valence-corrected chi connectivity index (χ2v) is 15.9. The van der Waals surface area contributed by atoms with Gasteiger partial charge in [-0.1, -0.05) is 17.7 Å². The van der Waals surface area contributed by atoms with Crippen LogP contribution < -0.4 is 25.6 Å². The first-order chi connectivity index (χ1) is 27.6. The second kappa shape index (κ2) is 18.3. The number of hydrogen-bond acceptors (Lipinski definition) is 12. The molecule has 3 N–H and O–H groups in total. The number of aromatic nitrogens is 3. The number of nitriles is 1. The van der Waals surface area contributed by atoms with Crippen LogP contribution in [0.4, 0.5) is 11.6 Å². The molecule has 7 rings (SSSR count). The van der Waals surface area contributed by atoms with Crippen molar-refractivity contribution in [3.8, 4) is 11.8 Å². The van der Waals surface area contributed by atoms with Crippen molar-refractivity contribution < 1.29 is 23.9 Å². The number of pyridine rings is 1. The number of carbonyl (C=O) groups is 4. The molecule has 3 aliphatic heterocycles. The Kier molecular flexibility index (Phi) is 12.8. The van der Waals surface area contributed by atoms with Crippen LogP contribution in [0.2, 0.25) is 5.02 Å². The lowest BCUT2D eigenvalue weighted by Gasteiger charge is -2.39. The maximum Gasteiger partial charge on any atom is 0.269 e. The van der Waals surface area contributed by atoms with E-state index in [-0.39, 0.29) is 54.9 Å². The molecule has 4 fully saturated rings. The van der Waals surface area contributed by atoms with E-state index in [4.69, 9.17) is 27.1 Å². The molecule has 3 saturated heterocycles. The zero-order valence-corrected chi connectivity index (χ0v) is 32.8. The highest BCUT2D eigenvalue weighted by Crippen LogP contribution is 2.31. The minimum Gasteiger partial charge on any atom is -0.490 e. The Hall–Kier alpha value is -5.33. The molecule has 1 unspecified atom stereocenters. The van der Waals surface area contributed by atoms with Crippen molar-refractivity contribution in [1.82, 2.24) is 30.3 Å². The van der Waals surface area contributed by atoms with Gasteiger partial charge in [-0.15, -0.1) is 10.2 Å². The number of piperazine rings is 1. The molecule has 4 amide bonds. The lowest BCUT2D eigenvalue weighted by atomic mass is 9.89. The van der Waals surface area contributed by atoms with Crippen LogP contribution in [0.5, 0.6) is 5.75 Å². The van der Waals surface area contributed by atoms with Crippen LogP contribution in [0.15, 0.2) is 48.5 Å². The predicted molar refractivity (Wildman–Crippen MR) is 213 cm³/mol. The average Bonchev–Trinajstić information content (AvgIpc) is 3.22. The summed E-state index contributed by atoms with van der Waals surface area (Å²) in [6.07, 6.45) is 5.65. The van der Waals surface area contributed by atoms with Crippen molar-refractivity contribution in [2.75, 3.05) is 62.2 Å². The zero-order chi connectivity index (χ0) is 39.9. The van der Waals surface area contributed by atoms with E-state index in [9.17, 15) is 24.4 Å². The van der Waals surface area contributed by atoms with Crippen molar-refractivity contribution in [1.29, 1.82) is 5.26 Å². The maximum atomic E-state index is 14.2. The Balaban J connectivity index is 0.917. The number of benzene rings is 1. The quantitative estimate of drug-likeness (QED) is 0.255. The van der Waals surface area contributed by atoms with Crippen LogP contribution in [0, 0.1) is 23.2 Å². The van der Waals surface area contributed by atoms with Crippen molar-refractivity contribution >= 4 is 46.9 Å². The van der Waals surface area contributed by atoms with Gasteiger partial charge in [-0.3, -0.25) is 29.4 Å². The minimum atomic E-state index is -0.580. The molecule has 1 aliphatic carbocycles. The van der Waals surface area contributed by atoms with Gasteiger partial charge >= 0.3 is 0 Å². The molecule has 0 radical (unpaired) electrons. The van der Waals surface area contributed by atoms with Crippen molar-refractivity contribution in [2.45, 2.75) is 69.9 Å². The molecular formula is C41H49ClN10O5. The fraction of sp³-hybridized carbons (Fsp3) is 0.512. The van der Waals surface area contributed by atoms with Gasteiger partial charge in [0.2, 0.25) is 17.7 Å². The van der Waals surface area contributed by atoms with Crippen LogP contribution in [0.1, 0.15) is 73.1 Å². The smallest absolute Gasteiger partial charge is 0.269 e. The van der Waals surface area contributed by atoms with E-state index in [1.807, 2.05) is 29.2 Å². The summed E-state index contributed by atoms with van der Waals surface area (Å²) in [6, 6.07) is 16.3. The normalized spacial score (nSPS) is 22.1. The highest BCUT2D eigenvalue weighted by Gasteiger charge is 2.35. The van der Waals surface area contributed by atoms with E-state index in [0.717, 1.165) is 70.3 Å². The number of imide groups is 1. The third-order valence-electron chi connectivity index (χ3n) is 11.7. The second-order valence-electron chi connectivity index (χ2n) is 15.5. The molecule has 4 aliphatic rings. The first-order valence-corrected chi connectivity index (χ1v) is 20.3. The summed E-state index contributed by atoms with van der Waals surface area (Å²) in [7, 11) is 0. The van der Waals surface area contributed by atoms with Gasteiger partial charge in [-0.2, -0.15) is 5.26 Å². The van der Waals surface area contributed by atoms with Crippen molar-refractivity contribution in [3.05, 3.63) is 70.5 Å². The van der Waals surface area contributed by atoms with E-state index >= 15 is 0 Å². The Morgan fingerprint density at radius 3 is 2.33 bits per heavy atom. The number of piperidine rings is 2. The number of carbonyl (C=O) groups excluding carboxylic acids is 4. The molecule has 2 aromatic heterocycles. The average molecular weight is 797 g/mol. The topological polar surface area (TPSA) is 191 Å². The zero-order valence-electron chi connectivity index (χ0n) is 32.0. The summed E-state index contributed by atoms with van der Waals surface area (Å²) in [5, 5.41) is 20.1. The molecule has 16 heteroatoms. The number of amides is 4. The molecule has 15 nitrogen and oxygen atoms in total. The Labute approximate surface area is 337 Å². The van der Waals surface area contributed by atoms with Crippen molar-refractivity contribution in [2.24, 2.45) is 17.6 Å². The third kappa shape index (κ3) is 10.2. The number of ether oxygens (including phenoxy) is 1. The Bertz CT molecular complexity index is 1970. The van der Waals surface area contributed by atoms with Gasteiger partial charge in [0, 0.05) is 70.9 Å². The number of nitrogens with one attached hydrogen (secondary N) is 1. The van der Waals surface area contributed by atoms with Crippen molar-refractivity contribution in [3.63, 3.8) is 0 Å². The van der Waals surface area contributed by atoms with E-state index < -0.39 is 11.8 Å². The number of anilines is 2. The Morgan fingerprint density at radius 1 is 0.912 bits per heavy atom. The molecule has 5 heterocycles. The van der Waals surface area contributed by atoms with E-state index in [1.54, 1.807) is 24.3 Å². The monoisotopic (exact) mass is 796 g/mol. The van der Waals surface area contributed by atoms with E-state index in [1.165, 1.54) is 0 Å². The summed E-state index contributed by atoms with van der Waals surface area (Å²) in [5.41, 5.74) is 6.54. The molecule has 1 saturated carbocycles. The fourth-order valence-corrected chi connectivity index (χ4v) is 8.64. The van der Waals surface area contributed by atoms with Crippen LogP contribution in [-0.2, 0) is 20.8 Å². The minimum absolute atomic E-state index is 0.0692. The predicted octanol–water partition coefficient (Wildman–Crippen LogP) is 3.35. The lowest BCUT2D eigenvalue weighted by Crippen LogP contribution is -2.51. The van der Waals surface area contributed by atoms with Gasteiger partial charge in [0.15, 0.2) is 11.5 Å². The molecular weight excluding hydrogens is 748 g/mol. The Morgan fingerprint density at radius 2 is 1.67 bits per heavy atom. The van der Waals surface area contributed by atoms with Crippen LogP contribution in [0.25, 0.3) is 0 Å². The maximum absolute atomic E-state index is 14.2. The molecule has 57 heavy (non-hydrogen) atoms. The summed E-state index contributed by atoms with van der Waals surface area (Å²) in [6.45, 7) is 6.60. The lowest BCUT2D eigenvalue weighted by molar-refractivity contribution is -0.140. The molecule has 1 atom stereocenters. The van der Waals surface area contributed by atoms with Gasteiger partial charge < -0.3 is 25.2 Å². The SMILES string of the molecule is N#Cc1ccc(OC2CCC(N(CC3CCC(=O)NC3=O)C(=O)Cc3cccc(N4CCN(CC5CCN(c6ccc(C(N)=O)nn6)CC5)CC4)n3)CC2)cc1Cl. The van der Waals surface area contributed by atoms with Crippen LogP contribution >= 0.6 is 11.6 Å². The molecule has 0 spiro atoms. The fourth-order valence-electron chi connectivity index (χ4n) is 8.42. The molecule has 3 aromatic rings. The summed E-state index contributed by atoms with van der Waals surface area (Å²) in [4.78, 5) is 64.0. The number of hydrogen-bond donors (Lipinski definition) is 2. The summed E-state index contributed by atoms with van der Waals surface area (Å²) < 4.78 is 6.21. The number of nitrogens with two attached hydrogens (primary N) is 1. The molecule has 1 aromatic carbocycles.